The quantitative estimate of drug-likeness (QED) is 0.719. The number of nitrogens with zero attached hydrogens (tertiary/aromatic N) is 1. The first-order chi connectivity index (χ1) is 6.56. The van der Waals surface area contributed by atoms with Gasteiger partial charge in [0.15, 0.2) is 0 Å². The normalized spacial score (nSPS) is 21.9. The number of halogens is 1. The van der Waals surface area contributed by atoms with E-state index in [1.165, 1.54) is 0 Å². The van der Waals surface area contributed by atoms with E-state index in [0.29, 0.717) is 0 Å². The summed E-state index contributed by atoms with van der Waals surface area (Å²) in [6.07, 6.45) is 2.29. The van der Waals surface area contributed by atoms with Crippen LogP contribution in [0.5, 0.6) is 0 Å². The standard InChI is InChI=1S/C10H19ClN2O/c1-10(8-12-9(14)7-11)3-5-13(2)6-4-10/h3-8H2,1-2H3,(H,12,14). The van der Waals surface area contributed by atoms with Crippen LogP contribution in [0.25, 0.3) is 0 Å². The van der Waals surface area contributed by atoms with Crippen molar-refractivity contribution in [3.05, 3.63) is 0 Å². The number of amides is 1. The number of piperidine rings is 1. The van der Waals surface area contributed by atoms with Crippen molar-refractivity contribution in [1.82, 2.24) is 10.2 Å². The smallest absolute Gasteiger partial charge is 0.234 e. The Bertz CT molecular complexity index is 200. The van der Waals surface area contributed by atoms with E-state index in [2.05, 4.69) is 24.2 Å². The average molecular weight is 219 g/mol. The number of hydrogen-bond acceptors (Lipinski definition) is 2. The molecule has 82 valence electrons. The van der Waals surface area contributed by atoms with Crippen LogP contribution >= 0.6 is 11.6 Å². The number of carbonyl (C=O) groups is 1. The van der Waals surface area contributed by atoms with Gasteiger partial charge in [-0.1, -0.05) is 6.92 Å². The molecule has 4 heteroatoms. The molecule has 0 aromatic carbocycles. The van der Waals surface area contributed by atoms with Crippen LogP contribution < -0.4 is 5.32 Å². The third kappa shape index (κ3) is 3.46. The Labute approximate surface area is 90.8 Å². The SMILES string of the molecule is CN1CCC(C)(CNC(=O)CCl)CC1. The monoisotopic (exact) mass is 218 g/mol. The minimum absolute atomic E-state index is 0.0631. The maximum atomic E-state index is 11.0. The van der Waals surface area contributed by atoms with Gasteiger partial charge in [0.25, 0.3) is 0 Å². The molecule has 0 aliphatic carbocycles. The van der Waals surface area contributed by atoms with Crippen molar-refractivity contribution >= 4 is 17.5 Å². The highest BCUT2D eigenvalue weighted by atomic mass is 35.5. The van der Waals surface area contributed by atoms with E-state index >= 15 is 0 Å². The highest BCUT2D eigenvalue weighted by Crippen LogP contribution is 2.29. The summed E-state index contributed by atoms with van der Waals surface area (Å²) >= 11 is 5.42. The summed E-state index contributed by atoms with van der Waals surface area (Å²) in [6.45, 7) is 5.22. The zero-order valence-electron chi connectivity index (χ0n) is 8.98. The zero-order chi connectivity index (χ0) is 10.6. The number of alkyl halides is 1. The van der Waals surface area contributed by atoms with Gasteiger partial charge in [-0.15, -0.1) is 11.6 Å². The van der Waals surface area contributed by atoms with Crippen LogP contribution in [0.2, 0.25) is 0 Å². The van der Waals surface area contributed by atoms with Gasteiger partial charge in [0.1, 0.15) is 5.88 Å². The molecule has 1 aliphatic heterocycles. The molecule has 1 saturated heterocycles. The highest BCUT2D eigenvalue weighted by Gasteiger charge is 2.28. The maximum absolute atomic E-state index is 11.0. The second-order valence-electron chi connectivity index (χ2n) is 4.52. The van der Waals surface area contributed by atoms with Gasteiger partial charge in [-0.2, -0.15) is 0 Å². The van der Waals surface area contributed by atoms with Crippen LogP contribution in [0.15, 0.2) is 0 Å². The molecule has 1 amide bonds. The van der Waals surface area contributed by atoms with Crippen LogP contribution in [-0.2, 0) is 4.79 Å². The molecule has 1 N–H and O–H groups in total. The van der Waals surface area contributed by atoms with E-state index in [-0.39, 0.29) is 17.2 Å². The number of carbonyl (C=O) groups excluding carboxylic acids is 1. The molecule has 14 heavy (non-hydrogen) atoms. The van der Waals surface area contributed by atoms with Gasteiger partial charge in [-0.3, -0.25) is 4.79 Å². The summed E-state index contributed by atoms with van der Waals surface area (Å²) in [5.74, 6) is 0.00233. The highest BCUT2D eigenvalue weighted by molar-refractivity contribution is 6.27. The largest absolute Gasteiger partial charge is 0.355 e. The van der Waals surface area contributed by atoms with Crippen molar-refractivity contribution in [2.45, 2.75) is 19.8 Å². The first-order valence-corrected chi connectivity index (χ1v) is 5.60. The fraction of sp³-hybridized carbons (Fsp3) is 0.900. The molecule has 0 aromatic rings. The van der Waals surface area contributed by atoms with Crippen molar-refractivity contribution < 1.29 is 4.79 Å². The molecule has 1 aliphatic rings. The predicted octanol–water partition coefficient (Wildman–Crippen LogP) is 1.07. The topological polar surface area (TPSA) is 32.3 Å². The van der Waals surface area contributed by atoms with E-state index < -0.39 is 0 Å². The lowest BCUT2D eigenvalue weighted by Gasteiger charge is -2.37. The van der Waals surface area contributed by atoms with Gasteiger partial charge in [0, 0.05) is 6.54 Å². The number of likely N-dealkylation sites (tertiary alicyclic amines) is 1. The molecule has 3 nitrogen and oxygen atoms in total. The van der Waals surface area contributed by atoms with Crippen LogP contribution in [0, 0.1) is 5.41 Å². The first kappa shape index (κ1) is 11.8. The fourth-order valence-corrected chi connectivity index (χ4v) is 1.79. The summed E-state index contributed by atoms with van der Waals surface area (Å²) in [4.78, 5) is 13.3. The van der Waals surface area contributed by atoms with E-state index in [4.69, 9.17) is 11.6 Å². The lowest BCUT2D eigenvalue weighted by Crippen LogP contribution is -2.43. The Balaban J connectivity index is 2.31. The Hall–Kier alpha value is -0.280. The van der Waals surface area contributed by atoms with Gasteiger partial charge >= 0.3 is 0 Å². The fourth-order valence-electron chi connectivity index (χ4n) is 1.69. The third-order valence-electron chi connectivity index (χ3n) is 3.03. The first-order valence-electron chi connectivity index (χ1n) is 5.07. The number of nitrogens with one attached hydrogen (secondary N) is 1. The minimum Gasteiger partial charge on any atom is -0.355 e. The number of hydrogen-bond donors (Lipinski definition) is 1. The summed E-state index contributed by atoms with van der Waals surface area (Å²) < 4.78 is 0. The molecule has 0 radical (unpaired) electrons. The minimum atomic E-state index is -0.0631. The molecule has 1 fully saturated rings. The van der Waals surface area contributed by atoms with Crippen molar-refractivity contribution in [3.63, 3.8) is 0 Å². The average Bonchev–Trinajstić information content (AvgIpc) is 2.20. The molecular formula is C10H19ClN2O. The Morgan fingerprint density at radius 2 is 2.07 bits per heavy atom. The molecule has 0 atom stereocenters. The van der Waals surface area contributed by atoms with E-state index in [1.807, 2.05) is 0 Å². The lowest BCUT2D eigenvalue weighted by molar-refractivity contribution is -0.119. The van der Waals surface area contributed by atoms with Crippen LogP contribution in [0.3, 0.4) is 0 Å². The summed E-state index contributed by atoms with van der Waals surface area (Å²) in [5, 5.41) is 2.87. The Morgan fingerprint density at radius 3 is 2.57 bits per heavy atom. The molecular weight excluding hydrogens is 200 g/mol. The van der Waals surface area contributed by atoms with Crippen LogP contribution in [0.1, 0.15) is 19.8 Å². The molecule has 0 aromatic heterocycles. The molecule has 0 spiro atoms. The number of rotatable bonds is 3. The predicted molar refractivity (Wildman–Crippen MR) is 58.6 cm³/mol. The molecule has 0 bridgehead atoms. The molecule has 0 unspecified atom stereocenters. The van der Waals surface area contributed by atoms with Crippen molar-refractivity contribution in [1.29, 1.82) is 0 Å². The Kier molecular flexibility index (Phi) is 4.20. The van der Waals surface area contributed by atoms with Gasteiger partial charge in [-0.25, -0.2) is 0 Å². The van der Waals surface area contributed by atoms with Gasteiger partial charge in [-0.05, 0) is 38.4 Å². The van der Waals surface area contributed by atoms with Crippen molar-refractivity contribution in [3.8, 4) is 0 Å². The Morgan fingerprint density at radius 1 is 1.50 bits per heavy atom. The maximum Gasteiger partial charge on any atom is 0.234 e. The second-order valence-corrected chi connectivity index (χ2v) is 4.79. The van der Waals surface area contributed by atoms with Crippen LogP contribution in [0.4, 0.5) is 0 Å². The summed E-state index contributed by atoms with van der Waals surface area (Å²) in [5.41, 5.74) is 0.258. The van der Waals surface area contributed by atoms with Gasteiger partial charge < -0.3 is 10.2 Å². The summed E-state index contributed by atoms with van der Waals surface area (Å²) in [7, 11) is 2.14. The van der Waals surface area contributed by atoms with E-state index in [1.54, 1.807) is 0 Å². The van der Waals surface area contributed by atoms with Crippen molar-refractivity contribution in [2.24, 2.45) is 5.41 Å². The zero-order valence-corrected chi connectivity index (χ0v) is 9.73. The van der Waals surface area contributed by atoms with E-state index in [0.717, 1.165) is 32.5 Å². The van der Waals surface area contributed by atoms with E-state index in [9.17, 15) is 4.79 Å². The lowest BCUT2D eigenvalue weighted by atomic mass is 9.80. The van der Waals surface area contributed by atoms with Gasteiger partial charge in [0.2, 0.25) is 5.91 Å². The van der Waals surface area contributed by atoms with Crippen molar-refractivity contribution in [2.75, 3.05) is 32.6 Å². The third-order valence-corrected chi connectivity index (χ3v) is 3.27. The molecule has 0 saturated carbocycles. The van der Waals surface area contributed by atoms with Crippen LogP contribution in [-0.4, -0.2) is 43.4 Å². The second kappa shape index (κ2) is 4.99. The summed E-state index contributed by atoms with van der Waals surface area (Å²) in [6, 6.07) is 0. The molecule has 1 rings (SSSR count). The van der Waals surface area contributed by atoms with Gasteiger partial charge in [0.05, 0.1) is 0 Å². The molecule has 1 heterocycles.